The summed E-state index contributed by atoms with van der Waals surface area (Å²) in [5.74, 6) is 0. The van der Waals surface area contributed by atoms with Gasteiger partial charge in [0.1, 0.15) is 11.7 Å². The topological polar surface area (TPSA) is 19.6 Å². The second-order valence-corrected chi connectivity index (χ2v) is 6.50. The fraction of sp³-hybridized carbons (Fsp3) is 0.176. The lowest BCUT2D eigenvalue weighted by Gasteiger charge is -2.27. The fourth-order valence-corrected chi connectivity index (χ4v) is 3.37. The smallest absolute Gasteiger partial charge is 0.159 e. The van der Waals surface area contributed by atoms with Gasteiger partial charge in [-0.3, -0.25) is 3.11 Å². The molecule has 106 valence electrons. The molecule has 0 fully saturated rings. The van der Waals surface area contributed by atoms with E-state index >= 15 is 0 Å². The number of hydrogen-bond acceptors (Lipinski definition) is 3. The predicted octanol–water partition coefficient (Wildman–Crippen LogP) is 5.18. The average Bonchev–Trinajstić information content (AvgIpc) is 3.01. The van der Waals surface area contributed by atoms with Crippen LogP contribution in [-0.4, -0.2) is 9.28 Å². The summed E-state index contributed by atoms with van der Waals surface area (Å²) in [5.41, 5.74) is 4.30. The molecule has 1 aromatic heterocycles. The molecule has 1 atom stereocenters. The summed E-state index contributed by atoms with van der Waals surface area (Å²) >= 11 is 2.32. The first-order valence-corrected chi connectivity index (χ1v) is 7.95. The van der Waals surface area contributed by atoms with Gasteiger partial charge in [-0.1, -0.05) is 30.3 Å². The lowest BCUT2D eigenvalue weighted by Crippen LogP contribution is -2.31. The molecular formula is C17H15IN2O. The highest BCUT2D eigenvalue weighted by Gasteiger charge is 2.26. The molecule has 21 heavy (non-hydrogen) atoms. The van der Waals surface area contributed by atoms with E-state index in [1.54, 1.807) is 0 Å². The van der Waals surface area contributed by atoms with Gasteiger partial charge in [0.2, 0.25) is 0 Å². The van der Waals surface area contributed by atoms with Gasteiger partial charge in [0.05, 0.1) is 28.6 Å². The summed E-state index contributed by atoms with van der Waals surface area (Å²) in [7, 11) is 0. The van der Waals surface area contributed by atoms with Crippen LogP contribution >= 0.6 is 22.9 Å². The zero-order valence-electron chi connectivity index (χ0n) is 11.9. The van der Waals surface area contributed by atoms with Crippen LogP contribution in [0.4, 0.5) is 5.69 Å². The molecule has 0 amide bonds. The standard InChI is InChI=1S/C17H15IN2O/c1-11-7-8-14-13-5-3-4-6-15(13)21-17(14)16(11)19-9-10-20(18)12(19)2/h3-10,12H,1-2H3/t12-/m0/s1. The van der Waals surface area contributed by atoms with Crippen molar-refractivity contribution in [1.29, 1.82) is 0 Å². The number of para-hydroxylation sites is 1. The Balaban J connectivity index is 2.04. The Morgan fingerprint density at radius 1 is 1.05 bits per heavy atom. The first-order chi connectivity index (χ1) is 10.2. The summed E-state index contributed by atoms with van der Waals surface area (Å²) in [6, 6.07) is 12.6. The van der Waals surface area contributed by atoms with Gasteiger partial charge >= 0.3 is 0 Å². The van der Waals surface area contributed by atoms with Crippen molar-refractivity contribution in [3.05, 3.63) is 54.4 Å². The SMILES string of the molecule is Cc1ccc2c(oc3ccccc32)c1N1C=CN(I)[C@H]1C. The molecule has 2 heterocycles. The van der Waals surface area contributed by atoms with E-state index in [1.807, 2.05) is 12.1 Å². The quantitative estimate of drug-likeness (QED) is 0.422. The minimum absolute atomic E-state index is 0.281. The third-order valence-corrected chi connectivity index (χ3v) is 5.24. The number of rotatable bonds is 1. The van der Waals surface area contributed by atoms with Crippen molar-refractivity contribution in [1.82, 2.24) is 3.11 Å². The molecule has 4 rings (SSSR count). The molecule has 3 nitrogen and oxygen atoms in total. The molecule has 0 aliphatic carbocycles. The molecule has 0 unspecified atom stereocenters. The minimum atomic E-state index is 0.281. The lowest BCUT2D eigenvalue weighted by molar-refractivity contribution is 0.544. The molecule has 3 aromatic rings. The molecular weight excluding hydrogens is 375 g/mol. The van der Waals surface area contributed by atoms with Gasteiger partial charge < -0.3 is 9.32 Å². The monoisotopic (exact) mass is 390 g/mol. The zero-order valence-corrected chi connectivity index (χ0v) is 14.0. The Bertz CT molecular complexity index is 868. The van der Waals surface area contributed by atoms with Gasteiger partial charge in [-0.15, -0.1) is 0 Å². The van der Waals surface area contributed by atoms with E-state index < -0.39 is 0 Å². The van der Waals surface area contributed by atoms with E-state index in [0.29, 0.717) is 0 Å². The van der Waals surface area contributed by atoms with Gasteiger partial charge in [0.15, 0.2) is 5.58 Å². The summed E-state index contributed by atoms with van der Waals surface area (Å²) in [6.07, 6.45) is 4.49. The second kappa shape index (κ2) is 4.66. The highest BCUT2D eigenvalue weighted by atomic mass is 127. The number of halogens is 1. The van der Waals surface area contributed by atoms with Crippen LogP contribution in [0.2, 0.25) is 0 Å². The van der Waals surface area contributed by atoms with E-state index in [0.717, 1.165) is 16.9 Å². The number of anilines is 1. The van der Waals surface area contributed by atoms with Crippen LogP contribution in [0, 0.1) is 6.92 Å². The van der Waals surface area contributed by atoms with Crippen LogP contribution in [0.15, 0.2) is 53.2 Å². The van der Waals surface area contributed by atoms with E-state index in [2.05, 4.69) is 81.4 Å². The molecule has 4 heteroatoms. The van der Waals surface area contributed by atoms with Crippen molar-refractivity contribution in [2.45, 2.75) is 20.0 Å². The Morgan fingerprint density at radius 3 is 2.62 bits per heavy atom. The van der Waals surface area contributed by atoms with Crippen molar-refractivity contribution in [3.63, 3.8) is 0 Å². The van der Waals surface area contributed by atoms with Crippen LogP contribution in [0.3, 0.4) is 0 Å². The second-order valence-electron chi connectivity index (χ2n) is 5.39. The molecule has 0 radical (unpaired) electrons. The molecule has 0 N–H and O–H groups in total. The van der Waals surface area contributed by atoms with Gasteiger partial charge in [0.25, 0.3) is 0 Å². The van der Waals surface area contributed by atoms with Crippen LogP contribution in [0.1, 0.15) is 12.5 Å². The minimum Gasteiger partial charge on any atom is -0.454 e. The highest BCUT2D eigenvalue weighted by molar-refractivity contribution is 14.1. The molecule has 1 aliphatic heterocycles. The maximum atomic E-state index is 6.16. The average molecular weight is 390 g/mol. The maximum Gasteiger partial charge on any atom is 0.159 e. The summed E-state index contributed by atoms with van der Waals surface area (Å²) in [5, 5.41) is 2.36. The third kappa shape index (κ3) is 1.85. The summed E-state index contributed by atoms with van der Waals surface area (Å²) < 4.78 is 8.33. The highest BCUT2D eigenvalue weighted by Crippen LogP contribution is 2.39. The van der Waals surface area contributed by atoms with Crippen molar-refractivity contribution < 1.29 is 4.42 Å². The number of fused-ring (bicyclic) bond motifs is 3. The van der Waals surface area contributed by atoms with Crippen molar-refractivity contribution in [2.75, 3.05) is 4.90 Å². The molecule has 0 saturated carbocycles. The van der Waals surface area contributed by atoms with Crippen molar-refractivity contribution in [2.24, 2.45) is 0 Å². The van der Waals surface area contributed by atoms with Gasteiger partial charge in [-0.2, -0.15) is 0 Å². The first kappa shape index (κ1) is 13.0. The largest absolute Gasteiger partial charge is 0.454 e. The van der Waals surface area contributed by atoms with Gasteiger partial charge in [-0.25, -0.2) is 0 Å². The predicted molar refractivity (Wildman–Crippen MR) is 95.4 cm³/mol. The zero-order chi connectivity index (χ0) is 14.6. The first-order valence-electron chi connectivity index (χ1n) is 6.98. The van der Waals surface area contributed by atoms with Crippen LogP contribution in [0.5, 0.6) is 0 Å². The number of furan rings is 1. The Hall–Kier alpha value is -1.69. The number of nitrogens with zero attached hydrogens (tertiary/aromatic N) is 2. The number of benzene rings is 2. The molecule has 0 spiro atoms. The summed E-state index contributed by atoms with van der Waals surface area (Å²) in [4.78, 5) is 2.27. The molecule has 2 aromatic carbocycles. The molecule has 0 bridgehead atoms. The fourth-order valence-electron chi connectivity index (χ4n) is 2.96. The van der Waals surface area contributed by atoms with Crippen molar-refractivity contribution >= 4 is 50.5 Å². The summed E-state index contributed by atoms with van der Waals surface area (Å²) in [6.45, 7) is 4.33. The molecule has 0 saturated heterocycles. The lowest BCUT2D eigenvalue weighted by atomic mass is 10.1. The normalized spacial score (nSPS) is 18.3. The maximum absolute atomic E-state index is 6.16. The Labute approximate surface area is 137 Å². The van der Waals surface area contributed by atoms with Crippen molar-refractivity contribution in [3.8, 4) is 0 Å². The van der Waals surface area contributed by atoms with E-state index in [9.17, 15) is 0 Å². The number of hydrogen-bond donors (Lipinski definition) is 0. The van der Waals surface area contributed by atoms with Gasteiger partial charge in [0, 0.05) is 23.2 Å². The number of aryl methyl sites for hydroxylation is 1. The third-order valence-electron chi connectivity index (χ3n) is 4.11. The van der Waals surface area contributed by atoms with Crippen LogP contribution < -0.4 is 4.90 Å². The van der Waals surface area contributed by atoms with Crippen LogP contribution in [0.25, 0.3) is 21.9 Å². The van der Waals surface area contributed by atoms with E-state index in [-0.39, 0.29) is 6.17 Å². The van der Waals surface area contributed by atoms with E-state index in [1.165, 1.54) is 16.3 Å². The Morgan fingerprint density at radius 2 is 1.86 bits per heavy atom. The molecule has 1 aliphatic rings. The van der Waals surface area contributed by atoms with Gasteiger partial charge in [-0.05, 0) is 25.5 Å². The Kier molecular flexibility index (Phi) is 2.89. The van der Waals surface area contributed by atoms with E-state index in [4.69, 9.17) is 4.42 Å². The van der Waals surface area contributed by atoms with Crippen LogP contribution in [-0.2, 0) is 0 Å².